The molecule has 1 fully saturated rings. The Labute approximate surface area is 211 Å². The Bertz CT molecular complexity index is 1280. The van der Waals surface area contributed by atoms with E-state index in [-0.39, 0.29) is 5.41 Å². The van der Waals surface area contributed by atoms with Crippen LogP contribution in [0.4, 0.5) is 11.5 Å². The Balaban J connectivity index is 1.49. The molecule has 3 aromatic rings. The number of aryl methyl sites for hydroxylation is 2. The predicted octanol–water partition coefficient (Wildman–Crippen LogP) is 3.52. The van der Waals surface area contributed by atoms with Crippen molar-refractivity contribution in [2.45, 2.75) is 46.4 Å². The lowest BCUT2D eigenvalue weighted by Crippen LogP contribution is -2.45. The van der Waals surface area contributed by atoms with Gasteiger partial charge in [-0.2, -0.15) is 0 Å². The summed E-state index contributed by atoms with van der Waals surface area (Å²) < 4.78 is 13.6. The van der Waals surface area contributed by atoms with E-state index >= 15 is 0 Å². The molecule has 190 valence electrons. The lowest BCUT2D eigenvalue weighted by molar-refractivity contribution is 0.164. The van der Waals surface area contributed by atoms with E-state index in [1.807, 2.05) is 48.9 Å². The maximum atomic E-state index is 6.90. The van der Waals surface area contributed by atoms with Crippen LogP contribution in [-0.2, 0) is 17.1 Å². The third-order valence-corrected chi connectivity index (χ3v) is 6.79. The number of pyridine rings is 1. The van der Waals surface area contributed by atoms with E-state index in [4.69, 9.17) is 25.2 Å². The minimum Gasteiger partial charge on any atom is -0.493 e. The SMILES string of the molecule is CCOc1cc(-c2nncn2CC)ccc1C1(N)N=Cc2cc(C)nc(NCC3(C)CCOC3)c2N1. The van der Waals surface area contributed by atoms with Gasteiger partial charge in [0.2, 0.25) is 5.79 Å². The number of hydrogen-bond acceptors (Lipinski definition) is 9. The summed E-state index contributed by atoms with van der Waals surface area (Å²) >= 11 is 0. The highest BCUT2D eigenvalue weighted by molar-refractivity contribution is 5.94. The Morgan fingerprint density at radius 3 is 2.89 bits per heavy atom. The summed E-state index contributed by atoms with van der Waals surface area (Å²) in [6.45, 7) is 11.7. The van der Waals surface area contributed by atoms with Crippen molar-refractivity contribution in [1.82, 2.24) is 19.7 Å². The molecule has 2 aliphatic heterocycles. The van der Waals surface area contributed by atoms with Gasteiger partial charge < -0.3 is 24.7 Å². The summed E-state index contributed by atoms with van der Waals surface area (Å²) in [5, 5.41) is 15.3. The van der Waals surface area contributed by atoms with Crippen LogP contribution in [0.25, 0.3) is 11.4 Å². The Hall–Kier alpha value is -3.50. The fourth-order valence-corrected chi connectivity index (χ4v) is 4.70. The summed E-state index contributed by atoms with van der Waals surface area (Å²) in [6.07, 6.45) is 4.54. The van der Waals surface area contributed by atoms with Gasteiger partial charge in [-0.15, -0.1) is 10.2 Å². The second-order valence-corrected chi connectivity index (χ2v) is 9.78. The molecule has 4 heterocycles. The van der Waals surface area contributed by atoms with Gasteiger partial charge in [-0.05, 0) is 45.4 Å². The van der Waals surface area contributed by atoms with Gasteiger partial charge >= 0.3 is 0 Å². The van der Waals surface area contributed by atoms with Crippen LogP contribution in [-0.4, -0.2) is 52.3 Å². The molecule has 2 atom stereocenters. The van der Waals surface area contributed by atoms with Crippen molar-refractivity contribution in [3.8, 4) is 17.1 Å². The normalized spacial score (nSPS) is 22.8. The number of benzene rings is 1. The van der Waals surface area contributed by atoms with E-state index in [0.717, 1.165) is 72.4 Å². The molecule has 2 aromatic heterocycles. The first-order valence-corrected chi connectivity index (χ1v) is 12.5. The largest absolute Gasteiger partial charge is 0.493 e. The summed E-state index contributed by atoms with van der Waals surface area (Å²) in [4.78, 5) is 9.51. The standard InChI is InChI=1S/C26H34N8O2/c1-5-34-16-30-33-24(34)18-7-8-20(21(12-18)36-6-2)26(27)29-13-19-11-17(3)31-23(22(19)32-26)28-14-25(4)9-10-35-15-25/h7-8,11-13,16,32H,5-6,9-10,14-15,27H2,1-4H3,(H,28,31). The maximum absolute atomic E-state index is 6.90. The monoisotopic (exact) mass is 490 g/mol. The van der Waals surface area contributed by atoms with Crippen LogP contribution in [0.15, 0.2) is 35.6 Å². The van der Waals surface area contributed by atoms with Gasteiger partial charge in [0, 0.05) is 48.1 Å². The minimum absolute atomic E-state index is 0.0673. The fraction of sp³-hybridized carbons (Fsp3) is 0.462. The number of nitrogens with one attached hydrogen (secondary N) is 2. The van der Waals surface area contributed by atoms with Crippen molar-refractivity contribution in [3.05, 3.63) is 47.4 Å². The van der Waals surface area contributed by atoms with Crippen molar-refractivity contribution >= 4 is 17.7 Å². The number of nitrogens with two attached hydrogens (primary N) is 1. The molecule has 36 heavy (non-hydrogen) atoms. The topological polar surface area (TPSA) is 125 Å². The molecule has 0 bridgehead atoms. The van der Waals surface area contributed by atoms with Gasteiger partial charge in [0.15, 0.2) is 11.6 Å². The molecule has 5 rings (SSSR count). The van der Waals surface area contributed by atoms with E-state index in [2.05, 4.69) is 34.7 Å². The number of anilines is 2. The quantitative estimate of drug-likeness (QED) is 0.438. The van der Waals surface area contributed by atoms with Crippen LogP contribution >= 0.6 is 0 Å². The van der Waals surface area contributed by atoms with Gasteiger partial charge in [-0.1, -0.05) is 13.0 Å². The number of aromatic nitrogens is 4. The zero-order chi connectivity index (χ0) is 25.3. The lowest BCUT2D eigenvalue weighted by Gasteiger charge is -2.34. The Kier molecular flexibility index (Phi) is 6.40. The first kappa shape index (κ1) is 24.2. The number of aliphatic imine (C=N–C) groups is 1. The third kappa shape index (κ3) is 4.54. The van der Waals surface area contributed by atoms with Crippen molar-refractivity contribution in [2.24, 2.45) is 16.1 Å². The van der Waals surface area contributed by atoms with Crippen molar-refractivity contribution < 1.29 is 9.47 Å². The lowest BCUT2D eigenvalue weighted by atomic mass is 9.90. The van der Waals surface area contributed by atoms with Crippen LogP contribution < -0.4 is 21.1 Å². The second-order valence-electron chi connectivity index (χ2n) is 9.78. The first-order chi connectivity index (χ1) is 17.3. The number of hydrogen-bond donors (Lipinski definition) is 3. The van der Waals surface area contributed by atoms with Crippen molar-refractivity contribution in [2.75, 3.05) is 37.0 Å². The summed E-state index contributed by atoms with van der Waals surface area (Å²) in [5.74, 6) is 0.936. The number of nitrogens with zero attached hydrogens (tertiary/aromatic N) is 5. The average Bonchev–Trinajstić information content (AvgIpc) is 3.52. The molecular weight excluding hydrogens is 456 g/mol. The molecule has 2 aliphatic rings. The van der Waals surface area contributed by atoms with Crippen LogP contribution in [0.2, 0.25) is 0 Å². The van der Waals surface area contributed by atoms with Gasteiger partial charge in [-0.3, -0.25) is 5.73 Å². The van der Waals surface area contributed by atoms with Crippen LogP contribution in [0.5, 0.6) is 5.75 Å². The Morgan fingerprint density at radius 2 is 2.14 bits per heavy atom. The maximum Gasteiger partial charge on any atom is 0.212 e. The molecule has 1 aromatic carbocycles. The molecule has 0 spiro atoms. The smallest absolute Gasteiger partial charge is 0.212 e. The summed E-state index contributed by atoms with van der Waals surface area (Å²) in [7, 11) is 0. The highest BCUT2D eigenvalue weighted by atomic mass is 16.5. The molecular formula is C26H34N8O2. The van der Waals surface area contributed by atoms with Gasteiger partial charge in [-0.25, -0.2) is 9.98 Å². The molecule has 4 N–H and O–H groups in total. The molecule has 10 heteroatoms. The predicted molar refractivity (Wildman–Crippen MR) is 140 cm³/mol. The third-order valence-electron chi connectivity index (χ3n) is 6.79. The average molecular weight is 491 g/mol. The van der Waals surface area contributed by atoms with Crippen LogP contribution in [0.3, 0.4) is 0 Å². The van der Waals surface area contributed by atoms with E-state index in [9.17, 15) is 0 Å². The second kappa shape index (κ2) is 9.51. The fourth-order valence-electron chi connectivity index (χ4n) is 4.70. The molecule has 1 saturated heterocycles. The molecule has 0 aliphatic carbocycles. The number of fused-ring (bicyclic) bond motifs is 1. The summed E-state index contributed by atoms with van der Waals surface area (Å²) in [6, 6.07) is 7.86. The summed E-state index contributed by atoms with van der Waals surface area (Å²) in [5.41, 5.74) is 11.3. The highest BCUT2D eigenvalue weighted by Gasteiger charge is 2.35. The first-order valence-electron chi connectivity index (χ1n) is 12.5. The van der Waals surface area contributed by atoms with Crippen LogP contribution in [0.1, 0.15) is 44.0 Å². The molecule has 0 amide bonds. The van der Waals surface area contributed by atoms with Crippen molar-refractivity contribution in [3.63, 3.8) is 0 Å². The van der Waals surface area contributed by atoms with Crippen molar-refractivity contribution in [1.29, 1.82) is 0 Å². The molecule has 2 unspecified atom stereocenters. The zero-order valence-electron chi connectivity index (χ0n) is 21.3. The molecule has 0 radical (unpaired) electrons. The van der Waals surface area contributed by atoms with E-state index in [1.54, 1.807) is 6.33 Å². The van der Waals surface area contributed by atoms with Gasteiger partial charge in [0.1, 0.15) is 12.1 Å². The van der Waals surface area contributed by atoms with Gasteiger partial charge in [0.25, 0.3) is 0 Å². The minimum atomic E-state index is -1.23. The number of ether oxygens (including phenoxy) is 2. The van der Waals surface area contributed by atoms with Crippen LogP contribution in [0, 0.1) is 12.3 Å². The van der Waals surface area contributed by atoms with E-state index in [1.165, 1.54) is 0 Å². The van der Waals surface area contributed by atoms with E-state index in [0.29, 0.717) is 12.4 Å². The zero-order valence-corrected chi connectivity index (χ0v) is 21.3. The number of rotatable bonds is 8. The molecule has 10 nitrogen and oxygen atoms in total. The van der Waals surface area contributed by atoms with Gasteiger partial charge in [0.05, 0.1) is 24.5 Å². The Morgan fingerprint density at radius 1 is 1.28 bits per heavy atom. The molecule has 0 saturated carbocycles. The highest BCUT2D eigenvalue weighted by Crippen LogP contribution is 2.39. The van der Waals surface area contributed by atoms with E-state index < -0.39 is 5.79 Å².